The number of nitrogens with zero attached hydrogens (tertiary/aromatic N) is 2. The minimum absolute atomic E-state index is 0.0887. The van der Waals surface area contributed by atoms with Gasteiger partial charge >= 0.3 is 5.97 Å². The molecule has 0 saturated heterocycles. The highest BCUT2D eigenvalue weighted by molar-refractivity contribution is 7.09. The topological polar surface area (TPSA) is 84.2 Å². The van der Waals surface area contributed by atoms with Crippen molar-refractivity contribution in [2.45, 2.75) is 58.5 Å². The molecule has 1 amide bonds. The van der Waals surface area contributed by atoms with Crippen LogP contribution in [0.25, 0.3) is 10.9 Å². The number of fused-ring (bicyclic) bond motifs is 1. The van der Waals surface area contributed by atoms with E-state index >= 15 is 0 Å². The maximum absolute atomic E-state index is 12.4. The van der Waals surface area contributed by atoms with E-state index in [-0.39, 0.29) is 18.0 Å². The summed E-state index contributed by atoms with van der Waals surface area (Å²) in [4.78, 5) is 28.5. The Morgan fingerprint density at radius 2 is 1.90 bits per heavy atom. The molecule has 30 heavy (non-hydrogen) atoms. The van der Waals surface area contributed by atoms with Gasteiger partial charge in [0.15, 0.2) is 0 Å². The first-order valence-electron chi connectivity index (χ1n) is 10.4. The quantitative estimate of drug-likeness (QED) is 0.605. The number of rotatable bonds is 5. The summed E-state index contributed by atoms with van der Waals surface area (Å²) in [5.41, 5.74) is 2.69. The maximum atomic E-state index is 12.4. The molecule has 0 bridgehead atoms. The van der Waals surface area contributed by atoms with E-state index in [9.17, 15) is 14.7 Å². The lowest BCUT2D eigenvalue weighted by Gasteiger charge is -2.34. The lowest BCUT2D eigenvalue weighted by atomic mass is 9.81. The zero-order valence-electron chi connectivity index (χ0n) is 17.5. The molecule has 2 aromatic heterocycles. The molecule has 1 aliphatic carbocycles. The minimum atomic E-state index is -0.877. The summed E-state index contributed by atoms with van der Waals surface area (Å²) in [5, 5.41) is 16.4. The highest BCUT2D eigenvalue weighted by atomic mass is 32.1. The number of aromatic nitrogens is 2. The lowest BCUT2D eigenvalue weighted by molar-refractivity contribution is 0.0697. The summed E-state index contributed by atoms with van der Waals surface area (Å²) in [5.74, 6) is -0.525. The molecule has 0 unspecified atom stereocenters. The van der Waals surface area contributed by atoms with Crippen molar-refractivity contribution >= 4 is 34.1 Å². The summed E-state index contributed by atoms with van der Waals surface area (Å²) >= 11 is 1.49. The number of benzene rings is 1. The van der Waals surface area contributed by atoms with Crippen LogP contribution < -0.4 is 5.32 Å². The number of carbonyl (C=O) groups is 2. The largest absolute Gasteiger partial charge is 0.478 e. The van der Waals surface area contributed by atoms with Crippen LogP contribution in [0.4, 0.5) is 0 Å². The number of hydrogen-bond acceptors (Lipinski definition) is 4. The van der Waals surface area contributed by atoms with Gasteiger partial charge in [0.05, 0.1) is 10.6 Å². The van der Waals surface area contributed by atoms with Gasteiger partial charge in [-0.1, -0.05) is 18.2 Å². The molecule has 0 spiro atoms. The summed E-state index contributed by atoms with van der Waals surface area (Å²) in [6.07, 6.45) is 3.84. The summed E-state index contributed by atoms with van der Waals surface area (Å²) in [7, 11) is 0. The molecule has 0 radical (unpaired) electrons. The Morgan fingerprint density at radius 1 is 1.20 bits per heavy atom. The van der Waals surface area contributed by atoms with E-state index in [4.69, 9.17) is 0 Å². The third-order valence-corrected chi connectivity index (χ3v) is 7.19. The number of para-hydroxylation sites is 1. The number of nitrogens with one attached hydrogen (secondary N) is 1. The van der Waals surface area contributed by atoms with Gasteiger partial charge in [-0.2, -0.15) is 0 Å². The van der Waals surface area contributed by atoms with Crippen LogP contribution in [-0.2, 0) is 0 Å². The number of carbonyl (C=O) groups excluding carboxylic acids is 1. The molecule has 1 atom stereocenters. The highest BCUT2D eigenvalue weighted by Crippen LogP contribution is 2.37. The molecule has 0 aliphatic heterocycles. The molecular formula is C23H27N3O3S. The molecule has 2 heterocycles. The van der Waals surface area contributed by atoms with Gasteiger partial charge < -0.3 is 15.0 Å². The number of thiazole rings is 1. The third-order valence-electron chi connectivity index (χ3n) is 6.42. The second-order valence-electron chi connectivity index (χ2n) is 8.23. The molecule has 6 nitrogen and oxygen atoms in total. The van der Waals surface area contributed by atoms with Gasteiger partial charge in [0, 0.05) is 34.1 Å². The predicted molar refractivity (Wildman–Crippen MR) is 118 cm³/mol. The van der Waals surface area contributed by atoms with Crippen LogP contribution in [0.15, 0.2) is 29.6 Å². The van der Waals surface area contributed by atoms with Crippen LogP contribution in [-0.4, -0.2) is 32.6 Å². The molecule has 3 aromatic rings. The Kier molecular flexibility index (Phi) is 5.64. The molecule has 7 heteroatoms. The van der Waals surface area contributed by atoms with Gasteiger partial charge in [-0.3, -0.25) is 4.79 Å². The van der Waals surface area contributed by atoms with Crippen LogP contribution in [0.1, 0.15) is 70.2 Å². The van der Waals surface area contributed by atoms with E-state index in [2.05, 4.69) is 21.8 Å². The van der Waals surface area contributed by atoms with Crippen molar-refractivity contribution in [2.24, 2.45) is 5.92 Å². The number of amides is 1. The Balaban J connectivity index is 1.47. The normalized spacial score (nSPS) is 20.2. The number of carboxylic acids is 1. The van der Waals surface area contributed by atoms with Crippen molar-refractivity contribution in [2.75, 3.05) is 0 Å². The Bertz CT molecular complexity index is 1090. The predicted octanol–water partition coefficient (Wildman–Crippen LogP) is 4.96. The monoisotopic (exact) mass is 425 g/mol. The fraction of sp³-hybridized carbons (Fsp3) is 0.435. The molecule has 2 N–H and O–H groups in total. The lowest BCUT2D eigenvalue weighted by Crippen LogP contribution is -2.38. The molecule has 158 valence electrons. The third kappa shape index (κ3) is 3.74. The molecule has 1 aromatic carbocycles. The standard InChI is InChI=1S/C23H27N3O3S/c1-13(26-14(2)21(23(28)29)18-6-4-5-7-20(18)26)16-8-10-17(11-9-16)25-22(27)19-12-30-15(3)24-19/h4-7,12-13,16-17H,8-11H2,1-3H3,(H,25,27)(H,28,29)/t13-,16?,17?/m1/s1. The minimum Gasteiger partial charge on any atom is -0.478 e. The van der Waals surface area contributed by atoms with Gasteiger partial charge in [0.25, 0.3) is 5.91 Å². The van der Waals surface area contributed by atoms with E-state index < -0.39 is 5.97 Å². The highest BCUT2D eigenvalue weighted by Gasteiger charge is 2.30. The van der Waals surface area contributed by atoms with Crippen LogP contribution in [0.5, 0.6) is 0 Å². The number of carboxylic acid groups (broad SMARTS) is 1. The van der Waals surface area contributed by atoms with Gasteiger partial charge in [-0.05, 0) is 58.4 Å². The average Bonchev–Trinajstić information content (AvgIpc) is 3.28. The van der Waals surface area contributed by atoms with Crippen molar-refractivity contribution in [1.29, 1.82) is 0 Å². The van der Waals surface area contributed by atoms with E-state index in [1.54, 1.807) is 5.38 Å². The summed E-state index contributed by atoms with van der Waals surface area (Å²) in [6, 6.07) is 8.11. The SMILES string of the molecule is Cc1nc(C(=O)NC2CCC([C@@H](C)n3c(C)c(C(=O)O)c4ccccc43)CC2)cs1. The zero-order valence-corrected chi connectivity index (χ0v) is 18.3. The molecule has 4 rings (SSSR count). The Morgan fingerprint density at radius 3 is 2.53 bits per heavy atom. The second-order valence-corrected chi connectivity index (χ2v) is 9.29. The van der Waals surface area contributed by atoms with Gasteiger partial charge in [0.1, 0.15) is 5.69 Å². The van der Waals surface area contributed by atoms with Gasteiger partial charge in [-0.15, -0.1) is 11.3 Å². The number of hydrogen-bond donors (Lipinski definition) is 2. The van der Waals surface area contributed by atoms with Crippen LogP contribution in [0.3, 0.4) is 0 Å². The van der Waals surface area contributed by atoms with Crippen LogP contribution >= 0.6 is 11.3 Å². The second kappa shape index (κ2) is 8.22. The maximum Gasteiger partial charge on any atom is 0.338 e. The van der Waals surface area contributed by atoms with E-state index in [0.717, 1.165) is 47.3 Å². The van der Waals surface area contributed by atoms with Crippen molar-refractivity contribution in [1.82, 2.24) is 14.9 Å². The van der Waals surface area contributed by atoms with Crippen molar-refractivity contribution in [3.05, 3.63) is 51.6 Å². The Hall–Kier alpha value is -2.67. The summed E-state index contributed by atoms with van der Waals surface area (Å²) < 4.78 is 2.19. The molecule has 1 aliphatic rings. The van der Waals surface area contributed by atoms with Crippen molar-refractivity contribution in [3.63, 3.8) is 0 Å². The van der Waals surface area contributed by atoms with Crippen LogP contribution in [0, 0.1) is 19.8 Å². The smallest absolute Gasteiger partial charge is 0.338 e. The first kappa shape index (κ1) is 20.6. The molecular weight excluding hydrogens is 398 g/mol. The first-order valence-corrected chi connectivity index (χ1v) is 11.3. The number of aryl methyl sites for hydroxylation is 1. The van der Waals surface area contributed by atoms with E-state index in [1.807, 2.05) is 38.1 Å². The van der Waals surface area contributed by atoms with Gasteiger partial charge in [0.2, 0.25) is 0 Å². The van der Waals surface area contributed by atoms with E-state index in [1.165, 1.54) is 11.3 Å². The fourth-order valence-electron chi connectivity index (χ4n) is 4.87. The number of aromatic carboxylic acids is 1. The average molecular weight is 426 g/mol. The van der Waals surface area contributed by atoms with Gasteiger partial charge in [-0.25, -0.2) is 9.78 Å². The fourth-order valence-corrected chi connectivity index (χ4v) is 5.46. The van der Waals surface area contributed by atoms with Crippen molar-refractivity contribution < 1.29 is 14.7 Å². The zero-order chi connectivity index (χ0) is 21.4. The first-order chi connectivity index (χ1) is 14.4. The van der Waals surface area contributed by atoms with E-state index in [0.29, 0.717) is 17.2 Å². The van der Waals surface area contributed by atoms with Crippen LogP contribution in [0.2, 0.25) is 0 Å². The molecule has 1 saturated carbocycles. The molecule has 1 fully saturated rings. The van der Waals surface area contributed by atoms with Crippen molar-refractivity contribution in [3.8, 4) is 0 Å². The summed E-state index contributed by atoms with van der Waals surface area (Å²) in [6.45, 7) is 5.99. The Labute approximate surface area is 179 Å².